The van der Waals surface area contributed by atoms with Crippen molar-refractivity contribution in [3.63, 3.8) is 0 Å². The van der Waals surface area contributed by atoms with E-state index in [2.05, 4.69) is 35.2 Å². The van der Waals surface area contributed by atoms with Crippen molar-refractivity contribution in [2.45, 2.75) is 29.3 Å². The molecule has 0 radical (unpaired) electrons. The molecule has 2 aliphatic rings. The highest BCUT2D eigenvalue weighted by Crippen LogP contribution is 2.40. The Morgan fingerprint density at radius 2 is 1.38 bits per heavy atom. The van der Waals surface area contributed by atoms with Crippen LogP contribution in [0.25, 0.3) is 0 Å². The first-order valence-electron chi connectivity index (χ1n) is 12.1. The molecular weight excluding hydrogens is 444 g/mol. The van der Waals surface area contributed by atoms with Crippen molar-refractivity contribution < 1.29 is 13.5 Å². The SMILES string of the molecule is O=S(=O)(c1ccccc1)N1CC(CN2CCC(c3ccccc3)CC2)C(O)(c2ccccc2)C1. The van der Waals surface area contributed by atoms with E-state index >= 15 is 0 Å². The lowest BCUT2D eigenvalue weighted by Crippen LogP contribution is -2.44. The van der Waals surface area contributed by atoms with E-state index in [1.165, 1.54) is 9.87 Å². The minimum absolute atomic E-state index is 0.0688. The Morgan fingerprint density at radius 1 is 0.824 bits per heavy atom. The van der Waals surface area contributed by atoms with Crippen LogP contribution in [0, 0.1) is 5.92 Å². The van der Waals surface area contributed by atoms with Crippen LogP contribution in [0.1, 0.15) is 29.9 Å². The van der Waals surface area contributed by atoms with E-state index in [1.807, 2.05) is 36.4 Å². The summed E-state index contributed by atoms with van der Waals surface area (Å²) in [6.07, 6.45) is 2.15. The molecular formula is C28H32N2O3S. The summed E-state index contributed by atoms with van der Waals surface area (Å²) in [5.41, 5.74) is 0.952. The first-order chi connectivity index (χ1) is 16.5. The molecule has 3 aromatic carbocycles. The van der Waals surface area contributed by atoms with Crippen LogP contribution in [0.4, 0.5) is 0 Å². The van der Waals surface area contributed by atoms with Gasteiger partial charge in [0.1, 0.15) is 5.60 Å². The molecule has 178 valence electrons. The molecule has 1 N–H and O–H groups in total. The number of likely N-dealkylation sites (tertiary alicyclic amines) is 1. The summed E-state index contributed by atoms with van der Waals surface area (Å²) < 4.78 is 28.3. The van der Waals surface area contributed by atoms with Gasteiger partial charge in [-0.2, -0.15) is 4.31 Å². The standard InChI is InChI=1S/C28H32N2O3S/c31-28(25-12-6-2-7-13-25)22-30(34(32,33)27-14-8-3-9-15-27)21-26(28)20-29-18-16-24(17-19-29)23-10-4-1-5-11-23/h1-15,24,26,31H,16-22H2. The zero-order valence-corrected chi connectivity index (χ0v) is 20.1. The van der Waals surface area contributed by atoms with Gasteiger partial charge in [-0.3, -0.25) is 0 Å². The van der Waals surface area contributed by atoms with Crippen LogP contribution >= 0.6 is 0 Å². The molecule has 0 aliphatic carbocycles. The van der Waals surface area contributed by atoms with E-state index < -0.39 is 15.6 Å². The van der Waals surface area contributed by atoms with Crippen molar-refractivity contribution in [2.75, 3.05) is 32.7 Å². The van der Waals surface area contributed by atoms with Crippen molar-refractivity contribution in [1.82, 2.24) is 9.21 Å². The summed E-state index contributed by atoms with van der Waals surface area (Å²) in [5, 5.41) is 11.9. The van der Waals surface area contributed by atoms with Crippen LogP contribution in [-0.4, -0.2) is 55.5 Å². The fraction of sp³-hybridized carbons (Fsp3) is 0.357. The average molecular weight is 477 g/mol. The molecule has 2 aliphatic heterocycles. The molecule has 5 nitrogen and oxygen atoms in total. The Hall–Kier alpha value is -2.51. The zero-order valence-electron chi connectivity index (χ0n) is 19.3. The molecule has 0 aromatic heterocycles. The van der Waals surface area contributed by atoms with Gasteiger partial charge in [-0.1, -0.05) is 78.9 Å². The zero-order chi connectivity index (χ0) is 23.6. The largest absolute Gasteiger partial charge is 0.383 e. The molecule has 34 heavy (non-hydrogen) atoms. The minimum atomic E-state index is -3.68. The predicted octanol–water partition coefficient (Wildman–Crippen LogP) is 4.07. The lowest BCUT2D eigenvalue weighted by atomic mass is 9.83. The summed E-state index contributed by atoms with van der Waals surface area (Å²) in [4.78, 5) is 2.67. The van der Waals surface area contributed by atoms with Crippen LogP contribution in [0.3, 0.4) is 0 Å². The molecule has 2 fully saturated rings. The molecule has 3 aromatic rings. The number of nitrogens with zero attached hydrogens (tertiary/aromatic N) is 2. The molecule has 6 heteroatoms. The molecule has 5 rings (SSSR count). The van der Waals surface area contributed by atoms with Crippen molar-refractivity contribution in [1.29, 1.82) is 0 Å². The fourth-order valence-corrected chi connectivity index (χ4v) is 7.07. The summed E-state index contributed by atoms with van der Waals surface area (Å²) in [6, 6.07) is 28.7. The molecule has 0 spiro atoms. The third-order valence-electron chi connectivity index (χ3n) is 7.51. The molecule has 2 saturated heterocycles. The third-order valence-corrected chi connectivity index (χ3v) is 9.33. The Balaban J connectivity index is 1.35. The second-order valence-corrected chi connectivity index (χ2v) is 11.5. The van der Waals surface area contributed by atoms with Gasteiger partial charge in [-0.25, -0.2) is 8.42 Å². The number of sulfonamides is 1. The third kappa shape index (κ3) is 4.56. The van der Waals surface area contributed by atoms with Gasteiger partial charge in [0.2, 0.25) is 10.0 Å². The van der Waals surface area contributed by atoms with Gasteiger partial charge in [-0.15, -0.1) is 0 Å². The Labute approximate surface area is 202 Å². The van der Waals surface area contributed by atoms with Gasteiger partial charge in [0.05, 0.1) is 4.90 Å². The quantitative estimate of drug-likeness (QED) is 0.583. The maximum Gasteiger partial charge on any atom is 0.243 e. The van der Waals surface area contributed by atoms with E-state index in [9.17, 15) is 13.5 Å². The summed E-state index contributed by atoms with van der Waals surface area (Å²) >= 11 is 0. The van der Waals surface area contributed by atoms with Crippen molar-refractivity contribution >= 4 is 10.0 Å². The van der Waals surface area contributed by atoms with Gasteiger partial charge in [0.15, 0.2) is 0 Å². The Bertz CT molecular complexity index is 1180. The Kier molecular flexibility index (Phi) is 6.58. The number of hydrogen-bond donors (Lipinski definition) is 1. The van der Waals surface area contributed by atoms with Gasteiger partial charge in [0.25, 0.3) is 0 Å². The van der Waals surface area contributed by atoms with E-state index in [1.54, 1.807) is 24.3 Å². The highest BCUT2D eigenvalue weighted by molar-refractivity contribution is 7.89. The van der Waals surface area contributed by atoms with E-state index in [0.717, 1.165) is 31.5 Å². The minimum Gasteiger partial charge on any atom is -0.383 e. The van der Waals surface area contributed by atoms with Crippen LogP contribution in [-0.2, 0) is 15.6 Å². The topological polar surface area (TPSA) is 60.9 Å². The van der Waals surface area contributed by atoms with Crippen molar-refractivity contribution in [3.8, 4) is 0 Å². The number of aliphatic hydroxyl groups is 1. The molecule has 2 atom stereocenters. The number of β-amino-alcohol motifs (C(OH)–C–C–N with tert-alkyl or cyclic N) is 1. The second-order valence-electron chi connectivity index (χ2n) is 9.58. The summed E-state index contributed by atoms with van der Waals surface area (Å²) in [6.45, 7) is 2.95. The van der Waals surface area contributed by atoms with Gasteiger partial charge >= 0.3 is 0 Å². The highest BCUT2D eigenvalue weighted by atomic mass is 32.2. The summed E-state index contributed by atoms with van der Waals surface area (Å²) in [7, 11) is -3.68. The van der Waals surface area contributed by atoms with Gasteiger partial charge in [-0.05, 0) is 55.1 Å². The van der Waals surface area contributed by atoms with Gasteiger partial charge < -0.3 is 10.0 Å². The molecule has 0 saturated carbocycles. The van der Waals surface area contributed by atoms with Crippen LogP contribution < -0.4 is 0 Å². The predicted molar refractivity (Wildman–Crippen MR) is 134 cm³/mol. The van der Waals surface area contributed by atoms with Gasteiger partial charge in [0, 0.05) is 25.6 Å². The number of piperidine rings is 1. The lowest BCUT2D eigenvalue weighted by Gasteiger charge is -2.37. The van der Waals surface area contributed by atoms with Crippen molar-refractivity contribution in [2.24, 2.45) is 5.92 Å². The molecule has 0 bridgehead atoms. The maximum atomic E-state index is 13.4. The lowest BCUT2D eigenvalue weighted by molar-refractivity contribution is -0.00575. The van der Waals surface area contributed by atoms with Crippen molar-refractivity contribution in [3.05, 3.63) is 102 Å². The number of hydrogen-bond acceptors (Lipinski definition) is 4. The van der Waals surface area contributed by atoms with Crippen LogP contribution in [0.2, 0.25) is 0 Å². The average Bonchev–Trinajstić information content (AvgIpc) is 3.24. The molecule has 2 heterocycles. The maximum absolute atomic E-state index is 13.4. The number of rotatable bonds is 6. The first kappa shape index (κ1) is 23.2. The van der Waals surface area contributed by atoms with E-state index in [-0.39, 0.29) is 17.4 Å². The molecule has 2 unspecified atom stereocenters. The normalized spacial score (nSPS) is 24.9. The van der Waals surface area contributed by atoms with Crippen LogP contribution in [0.15, 0.2) is 95.9 Å². The smallest absolute Gasteiger partial charge is 0.243 e. The fourth-order valence-electron chi connectivity index (χ4n) is 5.53. The molecule has 0 amide bonds. The van der Waals surface area contributed by atoms with Crippen LogP contribution in [0.5, 0.6) is 0 Å². The van der Waals surface area contributed by atoms with E-state index in [4.69, 9.17) is 0 Å². The Morgan fingerprint density at radius 3 is 2.00 bits per heavy atom. The second kappa shape index (κ2) is 9.62. The highest BCUT2D eigenvalue weighted by Gasteiger charge is 2.50. The number of benzene rings is 3. The summed E-state index contributed by atoms with van der Waals surface area (Å²) in [5.74, 6) is 0.352. The van der Waals surface area contributed by atoms with E-state index in [0.29, 0.717) is 19.0 Å². The first-order valence-corrected chi connectivity index (χ1v) is 13.5. The monoisotopic (exact) mass is 476 g/mol.